The Labute approximate surface area is 124 Å². The Hall–Kier alpha value is -2.46. The molecule has 4 nitrogen and oxygen atoms in total. The molecule has 0 saturated carbocycles. The van der Waals surface area contributed by atoms with Gasteiger partial charge in [-0.25, -0.2) is 4.98 Å². The van der Waals surface area contributed by atoms with E-state index in [4.69, 9.17) is 5.73 Å². The van der Waals surface area contributed by atoms with E-state index in [1.54, 1.807) is 6.20 Å². The van der Waals surface area contributed by atoms with Gasteiger partial charge >= 0.3 is 0 Å². The maximum absolute atomic E-state index is 6.35. The van der Waals surface area contributed by atoms with Crippen LogP contribution in [-0.2, 0) is 13.0 Å². The van der Waals surface area contributed by atoms with Crippen molar-refractivity contribution < 1.29 is 0 Å². The molecule has 1 aromatic carbocycles. The van der Waals surface area contributed by atoms with Crippen LogP contribution in [0.5, 0.6) is 0 Å². The molecule has 0 spiro atoms. The molecule has 106 valence electrons. The summed E-state index contributed by atoms with van der Waals surface area (Å²) >= 11 is 0. The van der Waals surface area contributed by atoms with E-state index < -0.39 is 0 Å². The van der Waals surface area contributed by atoms with Crippen molar-refractivity contribution in [1.29, 1.82) is 0 Å². The van der Waals surface area contributed by atoms with Gasteiger partial charge in [0.1, 0.15) is 0 Å². The van der Waals surface area contributed by atoms with Crippen LogP contribution in [-0.4, -0.2) is 14.5 Å². The van der Waals surface area contributed by atoms with Crippen LogP contribution in [0.15, 0.2) is 67.4 Å². The molecule has 0 saturated heterocycles. The molecule has 0 aliphatic carbocycles. The van der Waals surface area contributed by atoms with Crippen molar-refractivity contribution in [2.24, 2.45) is 5.73 Å². The fourth-order valence-electron chi connectivity index (χ4n) is 2.43. The van der Waals surface area contributed by atoms with Gasteiger partial charge in [-0.1, -0.05) is 36.4 Å². The Morgan fingerprint density at radius 2 is 1.76 bits per heavy atom. The summed E-state index contributed by atoms with van der Waals surface area (Å²) < 4.78 is 2.09. The lowest BCUT2D eigenvalue weighted by molar-refractivity contribution is 0.631. The molecule has 4 heteroatoms. The largest absolute Gasteiger partial charge is 0.329 e. The maximum atomic E-state index is 6.35. The quantitative estimate of drug-likeness (QED) is 0.780. The van der Waals surface area contributed by atoms with Gasteiger partial charge in [-0.2, -0.15) is 0 Å². The lowest BCUT2D eigenvalue weighted by atomic mass is 10.0. The Morgan fingerprint density at radius 1 is 0.952 bits per heavy atom. The minimum atomic E-state index is -0.0634. The molecule has 0 bridgehead atoms. The molecule has 0 aliphatic heterocycles. The third-order valence-corrected chi connectivity index (χ3v) is 3.50. The molecule has 0 aliphatic rings. The molecule has 3 rings (SSSR count). The molecule has 21 heavy (non-hydrogen) atoms. The fraction of sp³-hybridized carbons (Fsp3) is 0.176. The minimum absolute atomic E-state index is 0.0634. The highest BCUT2D eigenvalue weighted by Gasteiger charge is 2.12. The summed E-state index contributed by atoms with van der Waals surface area (Å²) in [7, 11) is 0. The molecule has 3 aromatic rings. The lowest BCUT2D eigenvalue weighted by Gasteiger charge is -2.15. The van der Waals surface area contributed by atoms with Gasteiger partial charge in [-0.15, -0.1) is 0 Å². The number of nitrogens with two attached hydrogens (primary N) is 1. The van der Waals surface area contributed by atoms with Crippen LogP contribution in [0.25, 0.3) is 0 Å². The molecule has 2 N–H and O–H groups in total. The number of pyridine rings is 1. The van der Waals surface area contributed by atoms with Gasteiger partial charge in [0.15, 0.2) is 0 Å². The summed E-state index contributed by atoms with van der Waals surface area (Å²) in [5.41, 5.74) is 9.77. The highest BCUT2D eigenvalue weighted by atomic mass is 15.1. The van der Waals surface area contributed by atoms with Gasteiger partial charge in [0, 0.05) is 18.6 Å². The fourth-order valence-corrected chi connectivity index (χ4v) is 2.43. The first kappa shape index (κ1) is 13.5. The van der Waals surface area contributed by atoms with E-state index in [1.165, 1.54) is 5.56 Å². The number of imidazole rings is 1. The molecule has 0 unspecified atom stereocenters. The van der Waals surface area contributed by atoms with Gasteiger partial charge in [0.2, 0.25) is 0 Å². The zero-order valence-electron chi connectivity index (χ0n) is 11.8. The Balaban J connectivity index is 1.75. The number of aromatic nitrogens is 3. The number of hydrogen-bond acceptors (Lipinski definition) is 3. The molecular weight excluding hydrogens is 260 g/mol. The topological polar surface area (TPSA) is 56.7 Å². The van der Waals surface area contributed by atoms with E-state index in [0.29, 0.717) is 0 Å². The molecule has 0 amide bonds. The lowest BCUT2D eigenvalue weighted by Crippen LogP contribution is -2.18. The van der Waals surface area contributed by atoms with E-state index in [2.05, 4.69) is 32.7 Å². The number of hydrogen-bond donors (Lipinski definition) is 1. The molecule has 2 heterocycles. The summed E-state index contributed by atoms with van der Waals surface area (Å²) in [5.74, 6) is 0. The van der Waals surface area contributed by atoms with Gasteiger partial charge in [-0.3, -0.25) is 4.98 Å². The molecule has 0 fully saturated rings. The van der Waals surface area contributed by atoms with E-state index in [0.717, 1.165) is 24.2 Å². The van der Waals surface area contributed by atoms with E-state index in [-0.39, 0.29) is 6.04 Å². The molecule has 2 aromatic heterocycles. The van der Waals surface area contributed by atoms with Crippen molar-refractivity contribution in [3.63, 3.8) is 0 Å². The van der Waals surface area contributed by atoms with Crippen LogP contribution in [0, 0.1) is 0 Å². The van der Waals surface area contributed by atoms with Crippen LogP contribution in [0.2, 0.25) is 0 Å². The van der Waals surface area contributed by atoms with Gasteiger partial charge < -0.3 is 10.3 Å². The average molecular weight is 278 g/mol. The first-order valence-corrected chi connectivity index (χ1v) is 7.01. The van der Waals surface area contributed by atoms with Crippen LogP contribution in [0.4, 0.5) is 0 Å². The monoisotopic (exact) mass is 278 g/mol. The minimum Gasteiger partial charge on any atom is -0.329 e. The second-order valence-corrected chi connectivity index (χ2v) is 5.10. The van der Waals surface area contributed by atoms with Crippen molar-refractivity contribution in [2.45, 2.75) is 19.0 Å². The average Bonchev–Trinajstić information content (AvgIpc) is 2.97. The maximum Gasteiger partial charge on any atom is 0.0951 e. The highest BCUT2D eigenvalue weighted by Crippen LogP contribution is 2.16. The Morgan fingerprint density at radius 3 is 2.52 bits per heavy atom. The van der Waals surface area contributed by atoms with Gasteiger partial charge in [-0.05, 0) is 23.6 Å². The van der Waals surface area contributed by atoms with Gasteiger partial charge in [0.25, 0.3) is 0 Å². The third-order valence-electron chi connectivity index (χ3n) is 3.50. The molecule has 0 radical (unpaired) electrons. The SMILES string of the molecule is N[C@H](Cc1ccccc1)c1cncn1Cc1cccnc1. The van der Waals surface area contributed by atoms with E-state index in [9.17, 15) is 0 Å². The number of nitrogens with zero attached hydrogens (tertiary/aromatic N) is 3. The van der Waals surface area contributed by atoms with Crippen LogP contribution in [0.1, 0.15) is 22.9 Å². The predicted molar refractivity (Wildman–Crippen MR) is 82.6 cm³/mol. The van der Waals surface area contributed by atoms with Crippen molar-refractivity contribution in [3.05, 3.63) is 84.2 Å². The first-order chi connectivity index (χ1) is 10.3. The summed E-state index contributed by atoms with van der Waals surface area (Å²) in [6.45, 7) is 0.742. The zero-order valence-corrected chi connectivity index (χ0v) is 11.8. The number of rotatable bonds is 5. The van der Waals surface area contributed by atoms with Crippen LogP contribution >= 0.6 is 0 Å². The van der Waals surface area contributed by atoms with Crippen molar-refractivity contribution in [2.75, 3.05) is 0 Å². The third kappa shape index (κ3) is 3.35. The van der Waals surface area contributed by atoms with Crippen LogP contribution in [0.3, 0.4) is 0 Å². The number of benzene rings is 1. The molecule has 1 atom stereocenters. The highest BCUT2D eigenvalue weighted by molar-refractivity contribution is 5.19. The summed E-state index contributed by atoms with van der Waals surface area (Å²) in [5, 5.41) is 0. The second-order valence-electron chi connectivity index (χ2n) is 5.10. The normalized spacial score (nSPS) is 12.2. The summed E-state index contributed by atoms with van der Waals surface area (Å²) in [4.78, 5) is 8.39. The summed E-state index contributed by atoms with van der Waals surface area (Å²) in [6.07, 6.45) is 8.13. The predicted octanol–water partition coefficient (Wildman–Crippen LogP) is 2.57. The summed E-state index contributed by atoms with van der Waals surface area (Å²) in [6, 6.07) is 14.2. The standard InChI is InChI=1S/C17H18N4/c18-16(9-14-5-2-1-3-6-14)17-11-20-13-21(17)12-15-7-4-8-19-10-15/h1-8,10-11,13,16H,9,12,18H2/t16-/m1/s1. The van der Waals surface area contributed by atoms with Crippen LogP contribution < -0.4 is 5.73 Å². The second kappa shape index (κ2) is 6.33. The smallest absolute Gasteiger partial charge is 0.0951 e. The zero-order chi connectivity index (χ0) is 14.5. The molecular formula is C17H18N4. The van der Waals surface area contributed by atoms with E-state index in [1.807, 2.05) is 43.0 Å². The Kier molecular flexibility index (Phi) is 4.07. The Bertz CT molecular complexity index is 676. The van der Waals surface area contributed by atoms with Gasteiger partial charge in [0.05, 0.1) is 24.6 Å². The van der Waals surface area contributed by atoms with E-state index >= 15 is 0 Å². The first-order valence-electron chi connectivity index (χ1n) is 7.01. The van der Waals surface area contributed by atoms with Crippen molar-refractivity contribution >= 4 is 0 Å². The van der Waals surface area contributed by atoms with Crippen molar-refractivity contribution in [1.82, 2.24) is 14.5 Å². The van der Waals surface area contributed by atoms with Crippen molar-refractivity contribution in [3.8, 4) is 0 Å².